The largest absolute Gasteiger partial charge is 0.748 e. The zero-order valence-corrected chi connectivity index (χ0v) is 25.2. The number of rotatable bonds is 10. The lowest BCUT2D eigenvalue weighted by Crippen LogP contribution is -2.36. The van der Waals surface area contributed by atoms with Crippen molar-refractivity contribution in [2.75, 3.05) is 23.0 Å². The highest BCUT2D eigenvalue weighted by molar-refractivity contribution is 7.85. The number of thiazole rings is 1. The number of hydrogen-bond acceptors (Lipinski definition) is 9. The van der Waals surface area contributed by atoms with Gasteiger partial charge in [-0.2, -0.15) is 4.57 Å². The number of ether oxygens (including phenoxy) is 1. The molecule has 0 spiro atoms. The quantitative estimate of drug-likeness (QED) is 0.206. The Balaban J connectivity index is 1.66. The van der Waals surface area contributed by atoms with E-state index in [1.165, 1.54) is 11.3 Å². The minimum Gasteiger partial charge on any atom is -0.748 e. The van der Waals surface area contributed by atoms with E-state index in [2.05, 4.69) is 0 Å². The van der Waals surface area contributed by atoms with E-state index >= 15 is 0 Å². The molecule has 0 saturated heterocycles. The standard InChI is InChI=1S/C23H20Cl4N2O7S3/c24-14-10-18-20(12-16(14)26)36-22(28(18)6-2-8-38(30,31)32)4-1-5-23-29(7-3-9-39(33,34)35)19-11-15(25)17(27)13-21(19)37-23/h1,4-5,10-13H,2-3,6-9H2,(H-,30,31,32,33,34,35)/p-1. The second-order valence-corrected chi connectivity index (χ2v) is 14.1. The van der Waals surface area contributed by atoms with Crippen LogP contribution in [0.15, 0.2) is 42.3 Å². The summed E-state index contributed by atoms with van der Waals surface area (Å²) < 4.78 is 75.2. The third-order valence-corrected chi connectivity index (χ3v) is 9.71. The van der Waals surface area contributed by atoms with E-state index in [1.807, 2.05) is 4.57 Å². The van der Waals surface area contributed by atoms with Crippen LogP contribution in [0.1, 0.15) is 17.8 Å². The summed E-state index contributed by atoms with van der Waals surface area (Å²) in [6, 6.07) is 6.51. The highest BCUT2D eigenvalue weighted by Crippen LogP contribution is 2.43. The maximum Gasteiger partial charge on any atom is 0.262 e. The van der Waals surface area contributed by atoms with Gasteiger partial charge >= 0.3 is 0 Å². The zero-order chi connectivity index (χ0) is 28.5. The van der Waals surface area contributed by atoms with Crippen molar-refractivity contribution in [3.05, 3.63) is 67.4 Å². The Morgan fingerprint density at radius 3 is 2.21 bits per heavy atom. The van der Waals surface area contributed by atoms with Crippen LogP contribution in [0.4, 0.5) is 5.69 Å². The molecule has 2 aromatic carbocycles. The van der Waals surface area contributed by atoms with E-state index in [0.29, 0.717) is 32.4 Å². The van der Waals surface area contributed by atoms with Gasteiger partial charge in [0.25, 0.3) is 5.01 Å². The van der Waals surface area contributed by atoms with E-state index in [-0.39, 0.29) is 36.0 Å². The average Bonchev–Trinajstić information content (AvgIpc) is 3.30. The van der Waals surface area contributed by atoms with Crippen LogP contribution in [-0.2, 0) is 26.8 Å². The minimum atomic E-state index is -4.39. The summed E-state index contributed by atoms with van der Waals surface area (Å²) in [6.45, 7) is 0.403. The maximum atomic E-state index is 11.1. The Hall–Kier alpha value is -1.61. The minimum absolute atomic E-state index is 0.0520. The summed E-state index contributed by atoms with van der Waals surface area (Å²) in [7, 11) is -8.77. The first-order valence-corrected chi connectivity index (χ1v) is 16.7. The molecule has 1 aromatic heterocycles. The van der Waals surface area contributed by atoms with Crippen LogP contribution < -0.4 is 14.2 Å². The van der Waals surface area contributed by atoms with Gasteiger partial charge in [-0.25, -0.2) is 16.8 Å². The van der Waals surface area contributed by atoms with E-state index in [4.69, 9.17) is 51.1 Å². The fraction of sp³-hybridized carbons (Fsp3) is 0.261. The molecule has 210 valence electrons. The molecule has 0 radical (unpaired) electrons. The van der Waals surface area contributed by atoms with Gasteiger partial charge in [-0.3, -0.25) is 0 Å². The Morgan fingerprint density at radius 1 is 0.897 bits per heavy atom. The molecule has 4 rings (SSSR count). The second kappa shape index (κ2) is 12.1. The normalized spacial score (nSPS) is 15.0. The lowest BCUT2D eigenvalue weighted by molar-refractivity contribution is -0.668. The first kappa shape index (κ1) is 30.4. The van der Waals surface area contributed by atoms with E-state index in [9.17, 15) is 25.9 Å². The third kappa shape index (κ3) is 7.78. The topological polar surface area (TPSA) is 131 Å². The summed E-state index contributed by atoms with van der Waals surface area (Å²) in [6.07, 6.45) is 5.25. The van der Waals surface area contributed by atoms with Crippen molar-refractivity contribution in [1.29, 1.82) is 0 Å². The molecular formula is C23H19Cl4N2O7S3-. The molecule has 0 fully saturated rings. The van der Waals surface area contributed by atoms with Gasteiger partial charge in [-0.1, -0.05) is 57.7 Å². The van der Waals surface area contributed by atoms with Gasteiger partial charge in [0.1, 0.15) is 4.70 Å². The molecule has 0 atom stereocenters. The van der Waals surface area contributed by atoms with E-state index < -0.39 is 31.7 Å². The first-order chi connectivity index (χ1) is 18.2. The molecule has 1 aliphatic heterocycles. The molecule has 0 bridgehead atoms. The van der Waals surface area contributed by atoms with Crippen LogP contribution in [-0.4, -0.2) is 44.0 Å². The number of halogens is 4. The molecular weight excluding hydrogens is 654 g/mol. The summed E-state index contributed by atoms with van der Waals surface area (Å²) in [5.74, 6) is -0.306. The van der Waals surface area contributed by atoms with Gasteiger partial charge in [-0.15, -0.1) is 0 Å². The predicted octanol–water partition coefficient (Wildman–Crippen LogP) is 5.43. The van der Waals surface area contributed by atoms with Gasteiger partial charge in [-0.05, 0) is 30.7 Å². The molecule has 0 N–H and O–H groups in total. The monoisotopic (exact) mass is 671 g/mol. The van der Waals surface area contributed by atoms with Crippen LogP contribution in [0.5, 0.6) is 5.75 Å². The van der Waals surface area contributed by atoms with Gasteiger partial charge in [0.15, 0.2) is 12.3 Å². The van der Waals surface area contributed by atoms with Gasteiger partial charge in [0, 0.05) is 42.7 Å². The SMILES string of the molecule is O=S(=O)([O-])CCCN1C(=CC=Cc2sc3cc(Cl)c(Cl)cc3[n+]2CCCS(=O)(=O)[O-])Oc2cc(Cl)c(Cl)cc21. The fourth-order valence-electron chi connectivity index (χ4n) is 3.92. The number of benzene rings is 2. The summed E-state index contributed by atoms with van der Waals surface area (Å²) >= 11 is 26.1. The molecule has 0 unspecified atom stereocenters. The van der Waals surface area contributed by atoms with E-state index in [0.717, 1.165) is 10.2 Å². The molecule has 16 heteroatoms. The van der Waals surface area contributed by atoms with Gasteiger partial charge < -0.3 is 18.7 Å². The molecule has 9 nitrogen and oxygen atoms in total. The molecule has 0 saturated carbocycles. The number of anilines is 1. The fourth-order valence-corrected chi connectivity index (χ4v) is 6.70. The molecule has 39 heavy (non-hydrogen) atoms. The van der Waals surface area contributed by atoms with Crippen LogP contribution in [0.25, 0.3) is 16.3 Å². The van der Waals surface area contributed by atoms with Crippen LogP contribution in [0.2, 0.25) is 20.1 Å². The van der Waals surface area contributed by atoms with Crippen molar-refractivity contribution in [1.82, 2.24) is 0 Å². The Kier molecular flexibility index (Phi) is 9.41. The Morgan fingerprint density at radius 2 is 1.51 bits per heavy atom. The van der Waals surface area contributed by atoms with E-state index in [1.54, 1.807) is 47.4 Å². The highest BCUT2D eigenvalue weighted by atomic mass is 35.5. The van der Waals surface area contributed by atoms with Crippen molar-refractivity contribution >= 4 is 100.0 Å². The predicted molar refractivity (Wildman–Crippen MR) is 152 cm³/mol. The number of aryl methyl sites for hydroxylation is 1. The summed E-state index contributed by atoms with van der Waals surface area (Å²) in [5, 5.41) is 1.96. The first-order valence-electron chi connectivity index (χ1n) is 11.2. The lowest BCUT2D eigenvalue weighted by Gasteiger charge is -2.18. The summed E-state index contributed by atoms with van der Waals surface area (Å²) in [5.41, 5.74) is 1.28. The summed E-state index contributed by atoms with van der Waals surface area (Å²) in [4.78, 5) is 1.69. The van der Waals surface area contributed by atoms with Crippen molar-refractivity contribution in [3.8, 4) is 5.75 Å². The van der Waals surface area contributed by atoms with Gasteiger partial charge in [0.05, 0.1) is 46.0 Å². The molecule has 2 heterocycles. The van der Waals surface area contributed by atoms with Crippen LogP contribution in [0.3, 0.4) is 0 Å². The number of hydrogen-bond donors (Lipinski definition) is 0. The molecule has 3 aromatic rings. The average molecular weight is 673 g/mol. The number of fused-ring (bicyclic) bond motifs is 2. The number of nitrogens with zero attached hydrogens (tertiary/aromatic N) is 2. The number of aromatic nitrogens is 1. The molecule has 0 amide bonds. The van der Waals surface area contributed by atoms with Crippen LogP contribution in [0, 0.1) is 0 Å². The Bertz CT molecular complexity index is 1700. The Labute approximate surface area is 249 Å². The highest BCUT2D eigenvalue weighted by Gasteiger charge is 2.27. The molecule has 1 aliphatic rings. The number of allylic oxidation sites excluding steroid dienone is 2. The van der Waals surface area contributed by atoms with Crippen molar-refractivity contribution < 1.29 is 35.2 Å². The zero-order valence-electron chi connectivity index (χ0n) is 19.8. The van der Waals surface area contributed by atoms with Crippen molar-refractivity contribution in [2.24, 2.45) is 0 Å². The van der Waals surface area contributed by atoms with Crippen LogP contribution >= 0.6 is 57.7 Å². The van der Waals surface area contributed by atoms with Crippen molar-refractivity contribution in [3.63, 3.8) is 0 Å². The smallest absolute Gasteiger partial charge is 0.262 e. The van der Waals surface area contributed by atoms with Gasteiger partial charge in [0.2, 0.25) is 11.4 Å². The third-order valence-electron chi connectivity index (χ3n) is 5.58. The maximum absolute atomic E-state index is 11.1. The van der Waals surface area contributed by atoms with Crippen molar-refractivity contribution in [2.45, 2.75) is 19.4 Å². The second-order valence-electron chi connectivity index (χ2n) is 8.41. The molecule has 0 aliphatic carbocycles. The lowest BCUT2D eigenvalue weighted by atomic mass is 10.2.